The Morgan fingerprint density at radius 1 is 1.06 bits per heavy atom. The monoisotopic (exact) mass is 461 g/mol. The molecule has 7 nitrogen and oxygen atoms in total. The zero-order valence-corrected chi connectivity index (χ0v) is 20.7. The molecule has 0 fully saturated rings. The highest BCUT2D eigenvalue weighted by Gasteiger charge is 2.25. The zero-order valence-electron chi connectivity index (χ0n) is 19.9. The van der Waals surface area contributed by atoms with Crippen molar-refractivity contribution in [1.29, 1.82) is 0 Å². The van der Waals surface area contributed by atoms with Crippen molar-refractivity contribution in [2.24, 2.45) is 0 Å². The molecule has 8 heteroatoms. The molecule has 1 N–H and O–H groups in total. The minimum atomic E-state index is -3.61. The van der Waals surface area contributed by atoms with Crippen molar-refractivity contribution in [2.75, 3.05) is 32.1 Å². The van der Waals surface area contributed by atoms with Crippen molar-refractivity contribution in [1.82, 2.24) is 9.21 Å². The van der Waals surface area contributed by atoms with Crippen molar-refractivity contribution < 1.29 is 17.9 Å². The highest BCUT2D eigenvalue weighted by molar-refractivity contribution is 7.89. The summed E-state index contributed by atoms with van der Waals surface area (Å²) in [7, 11) is -1.73. The van der Waals surface area contributed by atoms with Crippen LogP contribution in [0.4, 0.5) is 5.69 Å². The number of benzene rings is 2. The summed E-state index contributed by atoms with van der Waals surface area (Å²) in [6.07, 6.45) is 0. The highest BCUT2D eigenvalue weighted by atomic mass is 32.2. The van der Waals surface area contributed by atoms with Crippen LogP contribution in [0.2, 0.25) is 0 Å². The van der Waals surface area contributed by atoms with Gasteiger partial charge in [-0.2, -0.15) is 4.31 Å². The third kappa shape index (κ3) is 6.31. The number of sulfonamides is 1. The van der Waals surface area contributed by atoms with Gasteiger partial charge in [0.25, 0.3) is 0 Å². The molecule has 2 aromatic rings. The Morgan fingerprint density at radius 2 is 1.69 bits per heavy atom. The minimum Gasteiger partial charge on any atom is -0.494 e. The lowest BCUT2D eigenvalue weighted by Gasteiger charge is -2.24. The van der Waals surface area contributed by atoms with E-state index < -0.39 is 16.1 Å². The molecule has 1 amide bonds. The fourth-order valence-electron chi connectivity index (χ4n) is 3.39. The van der Waals surface area contributed by atoms with Crippen LogP contribution in [0, 0.1) is 6.92 Å². The summed E-state index contributed by atoms with van der Waals surface area (Å²) >= 11 is 0. The van der Waals surface area contributed by atoms with E-state index in [4.69, 9.17) is 4.74 Å². The molecule has 32 heavy (non-hydrogen) atoms. The molecule has 1 unspecified atom stereocenters. The first kappa shape index (κ1) is 25.8. The van der Waals surface area contributed by atoms with E-state index >= 15 is 0 Å². The van der Waals surface area contributed by atoms with E-state index in [0.717, 1.165) is 11.3 Å². The van der Waals surface area contributed by atoms with Gasteiger partial charge in [-0.25, -0.2) is 8.42 Å². The standard InChI is InChI=1S/C24H35N3O4S/c1-7-27(8-2)32(29,30)23-16-21(13-10-18(23)4)25-24(28)19(5)26(6)17-20-11-14-22(15-12-20)31-9-3/h10-16,19H,7-9,17H2,1-6H3,(H,25,28). The molecule has 0 aliphatic heterocycles. The number of carbonyl (C=O) groups is 1. The lowest BCUT2D eigenvalue weighted by Crippen LogP contribution is -2.39. The molecule has 0 aliphatic rings. The number of nitrogens with one attached hydrogen (secondary N) is 1. The third-order valence-electron chi connectivity index (χ3n) is 5.49. The Hall–Kier alpha value is -2.42. The van der Waals surface area contributed by atoms with Crippen molar-refractivity contribution in [3.8, 4) is 5.75 Å². The normalized spacial score (nSPS) is 12.8. The number of rotatable bonds is 11. The van der Waals surface area contributed by atoms with Gasteiger partial charge in [-0.15, -0.1) is 0 Å². The van der Waals surface area contributed by atoms with E-state index in [1.807, 2.05) is 63.9 Å². The van der Waals surface area contributed by atoms with Crippen LogP contribution in [0.1, 0.15) is 38.8 Å². The summed E-state index contributed by atoms with van der Waals surface area (Å²) in [5.41, 5.74) is 2.18. The van der Waals surface area contributed by atoms with Crippen LogP contribution in [-0.4, -0.2) is 56.3 Å². The molecule has 0 spiro atoms. The van der Waals surface area contributed by atoms with Gasteiger partial charge in [-0.1, -0.05) is 32.0 Å². The first-order chi connectivity index (χ1) is 15.1. The Bertz CT molecular complexity index is 1000. The van der Waals surface area contributed by atoms with Crippen LogP contribution in [0.15, 0.2) is 47.4 Å². The number of carbonyl (C=O) groups excluding carboxylic acids is 1. The lowest BCUT2D eigenvalue weighted by atomic mass is 10.1. The number of aryl methyl sites for hydroxylation is 1. The molecule has 2 rings (SSSR count). The zero-order chi connectivity index (χ0) is 23.9. The predicted molar refractivity (Wildman–Crippen MR) is 128 cm³/mol. The fraction of sp³-hybridized carbons (Fsp3) is 0.458. The van der Waals surface area contributed by atoms with Crippen molar-refractivity contribution in [3.63, 3.8) is 0 Å². The van der Waals surface area contributed by atoms with Gasteiger partial charge in [0, 0.05) is 25.3 Å². The SMILES string of the molecule is CCOc1ccc(CN(C)C(C)C(=O)Nc2ccc(C)c(S(=O)(=O)N(CC)CC)c2)cc1. The Morgan fingerprint density at radius 3 is 2.25 bits per heavy atom. The molecule has 1 atom stereocenters. The Labute approximate surface area is 192 Å². The fourth-order valence-corrected chi connectivity index (χ4v) is 5.10. The van der Waals surface area contributed by atoms with Crippen molar-refractivity contribution in [3.05, 3.63) is 53.6 Å². The third-order valence-corrected chi connectivity index (χ3v) is 7.68. The molecule has 0 aliphatic carbocycles. The van der Waals surface area contributed by atoms with Crippen LogP contribution < -0.4 is 10.1 Å². The summed E-state index contributed by atoms with van der Waals surface area (Å²) < 4.78 is 32.8. The second-order valence-corrected chi connectivity index (χ2v) is 9.63. The van der Waals surface area contributed by atoms with Gasteiger partial charge in [0.2, 0.25) is 15.9 Å². The molecule has 0 aromatic heterocycles. The topological polar surface area (TPSA) is 79.0 Å². The van der Waals surface area contributed by atoms with Crippen LogP contribution >= 0.6 is 0 Å². The summed E-state index contributed by atoms with van der Waals surface area (Å²) in [4.78, 5) is 15.0. The smallest absolute Gasteiger partial charge is 0.243 e. The van der Waals surface area contributed by atoms with Gasteiger partial charge < -0.3 is 10.1 Å². The van der Waals surface area contributed by atoms with E-state index in [9.17, 15) is 13.2 Å². The average molecular weight is 462 g/mol. The van der Waals surface area contributed by atoms with Crippen molar-refractivity contribution >= 4 is 21.6 Å². The van der Waals surface area contributed by atoms with E-state index in [1.54, 1.807) is 25.1 Å². The molecular formula is C24H35N3O4S. The highest BCUT2D eigenvalue weighted by Crippen LogP contribution is 2.24. The summed E-state index contributed by atoms with van der Waals surface area (Å²) in [5.74, 6) is 0.619. The Balaban J connectivity index is 2.11. The largest absolute Gasteiger partial charge is 0.494 e. The number of likely N-dealkylation sites (N-methyl/N-ethyl adjacent to an activating group) is 1. The van der Waals surface area contributed by atoms with Gasteiger partial charge in [0.05, 0.1) is 17.5 Å². The molecule has 0 saturated heterocycles. The maximum atomic E-state index is 13.0. The molecular weight excluding hydrogens is 426 g/mol. The van der Waals surface area contributed by atoms with Crippen LogP contribution in [0.5, 0.6) is 5.75 Å². The van der Waals surface area contributed by atoms with Gasteiger partial charge in [-0.05, 0) is 63.2 Å². The molecule has 0 heterocycles. The quantitative estimate of drug-likeness (QED) is 0.549. The number of hydrogen-bond acceptors (Lipinski definition) is 5. The number of hydrogen-bond donors (Lipinski definition) is 1. The second-order valence-electron chi connectivity index (χ2n) is 7.73. The van der Waals surface area contributed by atoms with Gasteiger partial charge in [-0.3, -0.25) is 9.69 Å². The molecule has 0 bridgehead atoms. The van der Waals surface area contributed by atoms with E-state index in [1.165, 1.54) is 4.31 Å². The molecule has 176 valence electrons. The summed E-state index contributed by atoms with van der Waals surface area (Å²) in [6.45, 7) is 11.1. The molecule has 2 aromatic carbocycles. The number of amides is 1. The molecule has 0 saturated carbocycles. The lowest BCUT2D eigenvalue weighted by molar-refractivity contribution is -0.120. The average Bonchev–Trinajstić information content (AvgIpc) is 2.76. The van der Waals surface area contributed by atoms with E-state index in [-0.39, 0.29) is 10.8 Å². The van der Waals surface area contributed by atoms with E-state index in [0.29, 0.717) is 37.5 Å². The second kappa shape index (κ2) is 11.4. The number of nitrogens with zero attached hydrogens (tertiary/aromatic N) is 2. The summed E-state index contributed by atoms with van der Waals surface area (Å²) in [5, 5.41) is 2.87. The number of anilines is 1. The number of ether oxygens (including phenoxy) is 1. The minimum absolute atomic E-state index is 0.200. The van der Waals surface area contributed by atoms with Gasteiger partial charge in [0.1, 0.15) is 5.75 Å². The predicted octanol–water partition coefficient (Wildman–Crippen LogP) is 3.88. The Kier molecular flexibility index (Phi) is 9.24. The van der Waals surface area contributed by atoms with E-state index in [2.05, 4.69) is 5.32 Å². The van der Waals surface area contributed by atoms with Crippen molar-refractivity contribution in [2.45, 2.75) is 52.1 Å². The summed E-state index contributed by atoms with van der Waals surface area (Å²) in [6, 6.07) is 12.4. The maximum Gasteiger partial charge on any atom is 0.243 e. The molecule has 0 radical (unpaired) electrons. The first-order valence-corrected chi connectivity index (χ1v) is 12.4. The maximum absolute atomic E-state index is 13.0. The first-order valence-electron chi connectivity index (χ1n) is 11.0. The van der Waals surface area contributed by atoms with Crippen LogP contribution in [0.25, 0.3) is 0 Å². The van der Waals surface area contributed by atoms with Gasteiger partial charge in [0.15, 0.2) is 0 Å². The van der Waals surface area contributed by atoms with Crippen LogP contribution in [0.3, 0.4) is 0 Å². The van der Waals surface area contributed by atoms with Gasteiger partial charge >= 0.3 is 0 Å². The van der Waals surface area contributed by atoms with Crippen LogP contribution in [-0.2, 0) is 21.4 Å².